The van der Waals surface area contributed by atoms with Gasteiger partial charge in [-0.2, -0.15) is 0 Å². The summed E-state index contributed by atoms with van der Waals surface area (Å²) in [4.78, 5) is 10.4. The van der Waals surface area contributed by atoms with Crippen LogP contribution in [0.2, 0.25) is 5.02 Å². The zero-order valence-corrected chi connectivity index (χ0v) is 11.6. The molecule has 3 N–H and O–H groups in total. The summed E-state index contributed by atoms with van der Waals surface area (Å²) in [7, 11) is 0. The Hall–Kier alpha value is -1.06. The van der Waals surface area contributed by atoms with Crippen LogP contribution in [0.25, 0.3) is 0 Å². The maximum Gasteiger partial charge on any atom is 0.303 e. The average molecular weight is 270 g/mol. The van der Waals surface area contributed by atoms with Gasteiger partial charge in [0.2, 0.25) is 0 Å². The smallest absolute Gasteiger partial charge is 0.303 e. The molecule has 0 spiro atoms. The van der Waals surface area contributed by atoms with Crippen molar-refractivity contribution in [3.63, 3.8) is 0 Å². The molecule has 1 unspecified atom stereocenters. The lowest BCUT2D eigenvalue weighted by molar-refractivity contribution is -0.137. The molecular formula is C14H20ClNO2. The van der Waals surface area contributed by atoms with Crippen LogP contribution in [0.3, 0.4) is 0 Å². The minimum atomic E-state index is -0.757. The molecule has 18 heavy (non-hydrogen) atoms. The summed E-state index contributed by atoms with van der Waals surface area (Å²) in [6.45, 7) is 4.05. The lowest BCUT2D eigenvalue weighted by Gasteiger charge is -2.15. The Labute approximate surface area is 113 Å². The van der Waals surface area contributed by atoms with Gasteiger partial charge in [0.05, 0.1) is 0 Å². The first-order chi connectivity index (χ1) is 8.41. The van der Waals surface area contributed by atoms with Crippen LogP contribution in [-0.2, 0) is 4.79 Å². The van der Waals surface area contributed by atoms with Gasteiger partial charge in [0.25, 0.3) is 0 Å². The van der Waals surface area contributed by atoms with E-state index in [0.717, 1.165) is 24.0 Å². The highest BCUT2D eigenvalue weighted by Gasteiger charge is 2.11. The van der Waals surface area contributed by atoms with E-state index >= 15 is 0 Å². The summed E-state index contributed by atoms with van der Waals surface area (Å²) < 4.78 is 0. The van der Waals surface area contributed by atoms with Gasteiger partial charge in [-0.05, 0) is 49.4 Å². The summed E-state index contributed by atoms with van der Waals surface area (Å²) in [5, 5.41) is 9.25. The Morgan fingerprint density at radius 2 is 1.94 bits per heavy atom. The molecule has 0 amide bonds. The topological polar surface area (TPSA) is 63.3 Å². The molecule has 0 aliphatic heterocycles. The molecule has 0 bridgehead atoms. The van der Waals surface area contributed by atoms with Crippen LogP contribution in [0.4, 0.5) is 0 Å². The summed E-state index contributed by atoms with van der Waals surface area (Å²) in [5.41, 5.74) is 9.38. The number of hydrogen-bond acceptors (Lipinski definition) is 2. The Morgan fingerprint density at radius 1 is 1.33 bits per heavy atom. The summed E-state index contributed by atoms with van der Waals surface area (Å²) in [5.74, 6) is -0.757. The number of halogens is 1. The van der Waals surface area contributed by atoms with Crippen molar-refractivity contribution in [2.75, 3.05) is 0 Å². The van der Waals surface area contributed by atoms with Crippen molar-refractivity contribution in [1.82, 2.24) is 0 Å². The number of carboxylic acids is 1. The molecule has 0 radical (unpaired) electrons. The minimum absolute atomic E-state index is 0.120. The van der Waals surface area contributed by atoms with Crippen LogP contribution in [0.15, 0.2) is 12.1 Å². The molecule has 1 atom stereocenters. The van der Waals surface area contributed by atoms with E-state index in [2.05, 4.69) is 0 Å². The fourth-order valence-electron chi connectivity index (χ4n) is 1.88. The number of carboxylic acid groups (broad SMARTS) is 1. The number of aliphatic carboxylic acids is 1. The molecule has 0 aliphatic carbocycles. The van der Waals surface area contributed by atoms with E-state index in [4.69, 9.17) is 22.4 Å². The summed E-state index contributed by atoms with van der Waals surface area (Å²) in [6.07, 6.45) is 2.42. The van der Waals surface area contributed by atoms with Gasteiger partial charge in [-0.25, -0.2) is 0 Å². The highest BCUT2D eigenvalue weighted by atomic mass is 35.5. The van der Waals surface area contributed by atoms with Crippen LogP contribution >= 0.6 is 11.6 Å². The van der Waals surface area contributed by atoms with Crippen molar-refractivity contribution < 1.29 is 9.90 Å². The minimum Gasteiger partial charge on any atom is -0.481 e. The van der Waals surface area contributed by atoms with Crippen molar-refractivity contribution in [3.05, 3.63) is 33.8 Å². The lowest BCUT2D eigenvalue weighted by Crippen LogP contribution is -2.11. The largest absolute Gasteiger partial charge is 0.481 e. The Kier molecular flexibility index (Phi) is 5.63. The van der Waals surface area contributed by atoms with Crippen LogP contribution in [0.5, 0.6) is 0 Å². The van der Waals surface area contributed by atoms with E-state index in [1.54, 1.807) is 0 Å². The first kappa shape index (κ1) is 15.0. The van der Waals surface area contributed by atoms with E-state index in [-0.39, 0.29) is 12.5 Å². The molecule has 1 aromatic carbocycles. The van der Waals surface area contributed by atoms with E-state index in [1.807, 2.05) is 26.0 Å². The second-order valence-corrected chi connectivity index (χ2v) is 5.11. The second-order valence-electron chi connectivity index (χ2n) is 4.70. The Morgan fingerprint density at radius 3 is 2.56 bits per heavy atom. The fourth-order valence-corrected chi connectivity index (χ4v) is 2.24. The zero-order valence-electron chi connectivity index (χ0n) is 10.9. The van der Waals surface area contributed by atoms with Gasteiger partial charge in [0.1, 0.15) is 0 Å². The van der Waals surface area contributed by atoms with Crippen molar-refractivity contribution in [1.29, 1.82) is 0 Å². The normalized spacial score (nSPS) is 12.4. The SMILES string of the molecule is Cc1cc(Cl)c(C(N)CCCCC(=O)O)cc1C. The van der Waals surface area contributed by atoms with Gasteiger partial charge in [0.15, 0.2) is 0 Å². The van der Waals surface area contributed by atoms with Gasteiger partial charge in [-0.15, -0.1) is 0 Å². The second kappa shape index (κ2) is 6.76. The average Bonchev–Trinajstić information content (AvgIpc) is 2.28. The van der Waals surface area contributed by atoms with Crippen LogP contribution in [0.1, 0.15) is 48.4 Å². The summed E-state index contributed by atoms with van der Waals surface area (Å²) in [6, 6.07) is 3.84. The molecule has 3 nitrogen and oxygen atoms in total. The first-order valence-electron chi connectivity index (χ1n) is 6.16. The molecule has 0 heterocycles. The quantitative estimate of drug-likeness (QED) is 0.776. The standard InChI is InChI=1S/C14H20ClNO2/c1-9-7-11(12(15)8-10(9)2)13(16)5-3-4-6-14(17)18/h7-8,13H,3-6,16H2,1-2H3,(H,17,18). The van der Waals surface area contributed by atoms with Crippen molar-refractivity contribution in [2.45, 2.75) is 45.6 Å². The third kappa shape index (κ3) is 4.31. The number of benzene rings is 1. The molecular weight excluding hydrogens is 250 g/mol. The molecule has 0 aliphatic rings. The number of carbonyl (C=O) groups is 1. The molecule has 0 aromatic heterocycles. The monoisotopic (exact) mass is 269 g/mol. The Balaban J connectivity index is 2.58. The van der Waals surface area contributed by atoms with Crippen LogP contribution < -0.4 is 5.73 Å². The number of aryl methyl sites for hydroxylation is 2. The zero-order chi connectivity index (χ0) is 13.7. The van der Waals surface area contributed by atoms with E-state index < -0.39 is 5.97 Å². The van der Waals surface area contributed by atoms with Gasteiger partial charge < -0.3 is 10.8 Å². The number of rotatable bonds is 6. The van der Waals surface area contributed by atoms with Gasteiger partial charge >= 0.3 is 5.97 Å². The van der Waals surface area contributed by atoms with Crippen molar-refractivity contribution in [3.8, 4) is 0 Å². The highest BCUT2D eigenvalue weighted by molar-refractivity contribution is 6.31. The molecule has 1 aromatic rings. The van der Waals surface area contributed by atoms with Gasteiger partial charge in [-0.1, -0.05) is 24.1 Å². The molecule has 4 heteroatoms. The van der Waals surface area contributed by atoms with Gasteiger partial charge in [0, 0.05) is 17.5 Å². The van der Waals surface area contributed by atoms with Crippen molar-refractivity contribution >= 4 is 17.6 Å². The van der Waals surface area contributed by atoms with E-state index in [9.17, 15) is 4.79 Å². The predicted octanol–water partition coefficient (Wildman–Crippen LogP) is 3.60. The molecule has 0 saturated carbocycles. The maximum absolute atomic E-state index is 10.4. The predicted molar refractivity (Wildman–Crippen MR) is 74.0 cm³/mol. The maximum atomic E-state index is 10.4. The third-order valence-electron chi connectivity index (χ3n) is 3.17. The van der Waals surface area contributed by atoms with Crippen molar-refractivity contribution in [2.24, 2.45) is 5.73 Å². The third-order valence-corrected chi connectivity index (χ3v) is 3.50. The summed E-state index contributed by atoms with van der Waals surface area (Å²) >= 11 is 6.19. The Bertz CT molecular complexity index is 432. The number of unbranched alkanes of at least 4 members (excludes halogenated alkanes) is 1. The highest BCUT2D eigenvalue weighted by Crippen LogP contribution is 2.28. The molecule has 0 saturated heterocycles. The van der Waals surface area contributed by atoms with Gasteiger partial charge in [-0.3, -0.25) is 4.79 Å². The first-order valence-corrected chi connectivity index (χ1v) is 6.53. The molecule has 100 valence electrons. The molecule has 1 rings (SSSR count). The van der Waals surface area contributed by atoms with E-state index in [0.29, 0.717) is 11.4 Å². The fraction of sp³-hybridized carbons (Fsp3) is 0.500. The molecule has 0 fully saturated rings. The van der Waals surface area contributed by atoms with Crippen LogP contribution in [-0.4, -0.2) is 11.1 Å². The van der Waals surface area contributed by atoms with Crippen LogP contribution in [0, 0.1) is 13.8 Å². The lowest BCUT2D eigenvalue weighted by atomic mass is 9.97. The number of hydrogen-bond donors (Lipinski definition) is 2. The van der Waals surface area contributed by atoms with E-state index in [1.165, 1.54) is 5.56 Å². The number of nitrogens with two attached hydrogens (primary N) is 1.